The van der Waals surface area contributed by atoms with Crippen LogP contribution in [-0.4, -0.2) is 51.1 Å². The lowest BCUT2D eigenvalue weighted by molar-refractivity contribution is -0.0349. The summed E-state index contributed by atoms with van der Waals surface area (Å²) in [7, 11) is 1.66. The fraction of sp³-hybridized carbons (Fsp3) is 0.261. The van der Waals surface area contributed by atoms with E-state index in [1.54, 1.807) is 25.7 Å². The molecule has 1 aliphatic rings. The van der Waals surface area contributed by atoms with Crippen molar-refractivity contribution in [1.29, 1.82) is 0 Å². The molecule has 1 aliphatic heterocycles. The number of aromatic nitrogens is 4. The summed E-state index contributed by atoms with van der Waals surface area (Å²) in [6.07, 6.45) is 7.37. The molecule has 30 heavy (non-hydrogen) atoms. The van der Waals surface area contributed by atoms with Crippen molar-refractivity contribution >= 4 is 5.65 Å². The summed E-state index contributed by atoms with van der Waals surface area (Å²) in [5.74, 6) is 0.676. The molecular weight excluding hydrogens is 378 g/mol. The van der Waals surface area contributed by atoms with Gasteiger partial charge in [-0.25, -0.2) is 9.97 Å². The van der Waals surface area contributed by atoms with Gasteiger partial charge in [0.05, 0.1) is 25.1 Å². The molecule has 0 aliphatic carbocycles. The predicted octanol–water partition coefficient (Wildman–Crippen LogP) is 3.37. The molecule has 0 N–H and O–H groups in total. The van der Waals surface area contributed by atoms with Crippen molar-refractivity contribution in [2.45, 2.75) is 12.6 Å². The summed E-state index contributed by atoms with van der Waals surface area (Å²) >= 11 is 0. The van der Waals surface area contributed by atoms with Gasteiger partial charge in [-0.1, -0.05) is 12.1 Å². The SMILES string of the molecule is COc1ncccc1CN1CCO[C@H](c2cn3c(-c4ccncc4)cccc3n2)C1. The predicted molar refractivity (Wildman–Crippen MR) is 113 cm³/mol. The van der Waals surface area contributed by atoms with Crippen molar-refractivity contribution in [3.63, 3.8) is 0 Å². The summed E-state index contributed by atoms with van der Waals surface area (Å²) in [5.41, 5.74) is 5.12. The Morgan fingerprint density at radius 2 is 2.00 bits per heavy atom. The fourth-order valence-electron chi connectivity index (χ4n) is 3.94. The third kappa shape index (κ3) is 3.65. The maximum absolute atomic E-state index is 6.09. The van der Waals surface area contributed by atoms with Crippen LogP contribution in [0.2, 0.25) is 0 Å². The highest BCUT2D eigenvalue weighted by atomic mass is 16.5. The fourth-order valence-corrected chi connectivity index (χ4v) is 3.94. The van der Waals surface area contributed by atoms with Gasteiger partial charge >= 0.3 is 0 Å². The smallest absolute Gasteiger partial charge is 0.217 e. The monoisotopic (exact) mass is 401 g/mol. The van der Waals surface area contributed by atoms with E-state index < -0.39 is 0 Å². The van der Waals surface area contributed by atoms with Gasteiger partial charge in [-0.05, 0) is 30.3 Å². The minimum absolute atomic E-state index is 0.0772. The molecule has 0 spiro atoms. The number of fused-ring (bicyclic) bond motifs is 1. The lowest BCUT2D eigenvalue weighted by Gasteiger charge is -2.32. The van der Waals surface area contributed by atoms with Gasteiger partial charge in [0.15, 0.2) is 0 Å². The molecule has 0 saturated carbocycles. The van der Waals surface area contributed by atoms with E-state index in [1.165, 1.54) is 0 Å². The molecule has 152 valence electrons. The third-order valence-electron chi connectivity index (χ3n) is 5.40. The Balaban J connectivity index is 1.40. The van der Waals surface area contributed by atoms with Crippen LogP contribution in [0.3, 0.4) is 0 Å². The quantitative estimate of drug-likeness (QED) is 0.511. The topological polar surface area (TPSA) is 64.8 Å². The Kier molecular flexibility index (Phi) is 5.13. The van der Waals surface area contributed by atoms with Gasteiger partial charge in [-0.15, -0.1) is 0 Å². The van der Waals surface area contributed by atoms with E-state index in [2.05, 4.69) is 37.6 Å². The van der Waals surface area contributed by atoms with Crippen LogP contribution >= 0.6 is 0 Å². The van der Waals surface area contributed by atoms with E-state index in [-0.39, 0.29) is 6.10 Å². The minimum Gasteiger partial charge on any atom is -0.481 e. The first-order chi connectivity index (χ1) is 14.8. The van der Waals surface area contributed by atoms with Gasteiger partial charge in [0.2, 0.25) is 5.88 Å². The largest absolute Gasteiger partial charge is 0.481 e. The molecule has 4 aromatic heterocycles. The van der Waals surface area contributed by atoms with Gasteiger partial charge in [-0.2, -0.15) is 0 Å². The van der Waals surface area contributed by atoms with Crippen molar-refractivity contribution in [2.75, 3.05) is 26.8 Å². The first-order valence-corrected chi connectivity index (χ1v) is 10.0. The highest BCUT2D eigenvalue weighted by Crippen LogP contribution is 2.27. The molecule has 5 rings (SSSR count). The van der Waals surface area contributed by atoms with Crippen LogP contribution in [-0.2, 0) is 11.3 Å². The molecule has 0 radical (unpaired) electrons. The molecule has 1 atom stereocenters. The van der Waals surface area contributed by atoms with Gasteiger partial charge < -0.3 is 9.47 Å². The van der Waals surface area contributed by atoms with Crippen LogP contribution in [0, 0.1) is 0 Å². The van der Waals surface area contributed by atoms with E-state index in [4.69, 9.17) is 14.5 Å². The van der Waals surface area contributed by atoms with Gasteiger partial charge in [0, 0.05) is 55.5 Å². The van der Waals surface area contributed by atoms with Crippen LogP contribution in [0.15, 0.2) is 67.3 Å². The Hall–Kier alpha value is -3.29. The number of ether oxygens (including phenoxy) is 2. The zero-order valence-electron chi connectivity index (χ0n) is 16.8. The van der Waals surface area contributed by atoms with Crippen molar-refractivity contribution in [1.82, 2.24) is 24.3 Å². The zero-order chi connectivity index (χ0) is 20.3. The van der Waals surface area contributed by atoms with E-state index in [0.29, 0.717) is 12.5 Å². The summed E-state index contributed by atoms with van der Waals surface area (Å²) in [6, 6.07) is 14.2. The summed E-state index contributed by atoms with van der Waals surface area (Å²) < 4.78 is 13.6. The number of morpholine rings is 1. The molecule has 5 heterocycles. The summed E-state index contributed by atoms with van der Waals surface area (Å²) in [6.45, 7) is 3.07. The number of hydrogen-bond acceptors (Lipinski definition) is 6. The lowest BCUT2D eigenvalue weighted by Crippen LogP contribution is -2.38. The van der Waals surface area contributed by atoms with Crippen molar-refractivity contribution < 1.29 is 9.47 Å². The third-order valence-corrected chi connectivity index (χ3v) is 5.40. The van der Waals surface area contributed by atoms with Crippen LogP contribution in [0.25, 0.3) is 16.9 Å². The average Bonchev–Trinajstić information content (AvgIpc) is 3.25. The van der Waals surface area contributed by atoms with E-state index >= 15 is 0 Å². The number of methoxy groups -OCH3 is 1. The van der Waals surface area contributed by atoms with Crippen LogP contribution in [0.1, 0.15) is 17.4 Å². The molecule has 0 amide bonds. The summed E-state index contributed by atoms with van der Waals surface area (Å²) in [4.78, 5) is 15.6. The first kappa shape index (κ1) is 18.7. The number of rotatable bonds is 5. The second kappa shape index (κ2) is 8.22. The first-order valence-electron chi connectivity index (χ1n) is 10.0. The number of nitrogens with zero attached hydrogens (tertiary/aromatic N) is 5. The van der Waals surface area contributed by atoms with Crippen molar-refractivity contribution in [2.24, 2.45) is 0 Å². The molecule has 7 heteroatoms. The molecule has 0 aromatic carbocycles. The maximum atomic E-state index is 6.09. The Morgan fingerprint density at radius 3 is 2.87 bits per heavy atom. The number of pyridine rings is 3. The highest BCUT2D eigenvalue weighted by Gasteiger charge is 2.25. The Labute approximate surface area is 174 Å². The lowest BCUT2D eigenvalue weighted by atomic mass is 10.1. The molecular formula is C23H23N5O2. The van der Waals surface area contributed by atoms with Crippen molar-refractivity contribution in [3.8, 4) is 17.1 Å². The Morgan fingerprint density at radius 1 is 1.10 bits per heavy atom. The number of hydrogen-bond donors (Lipinski definition) is 0. The Bertz CT molecular complexity index is 1140. The number of imidazole rings is 1. The molecule has 0 bridgehead atoms. The molecule has 1 fully saturated rings. The average molecular weight is 401 g/mol. The molecule has 7 nitrogen and oxygen atoms in total. The standard InChI is InChI=1S/C23H23N5O2/c1-29-23-18(4-3-9-25-23)14-27-12-13-30-21(16-27)19-15-28-20(5-2-6-22(28)26-19)17-7-10-24-11-8-17/h2-11,15,21H,12-14,16H2,1H3/t21-/m0/s1. The highest BCUT2D eigenvalue weighted by molar-refractivity contribution is 5.63. The van der Waals surface area contributed by atoms with E-state index in [0.717, 1.165) is 47.8 Å². The maximum Gasteiger partial charge on any atom is 0.217 e. The molecule has 4 aromatic rings. The van der Waals surface area contributed by atoms with Crippen molar-refractivity contribution in [3.05, 3.63) is 78.5 Å². The van der Waals surface area contributed by atoms with Gasteiger partial charge in [-0.3, -0.25) is 14.3 Å². The van der Waals surface area contributed by atoms with Crippen LogP contribution in [0.5, 0.6) is 5.88 Å². The van der Waals surface area contributed by atoms with E-state index in [9.17, 15) is 0 Å². The second-order valence-corrected chi connectivity index (χ2v) is 7.31. The van der Waals surface area contributed by atoms with Crippen LogP contribution < -0.4 is 4.74 Å². The molecule has 1 saturated heterocycles. The zero-order valence-corrected chi connectivity index (χ0v) is 16.8. The van der Waals surface area contributed by atoms with Gasteiger partial charge in [0.1, 0.15) is 11.8 Å². The minimum atomic E-state index is -0.0772. The van der Waals surface area contributed by atoms with Gasteiger partial charge in [0.25, 0.3) is 0 Å². The normalized spacial score (nSPS) is 17.3. The van der Waals surface area contributed by atoms with E-state index in [1.807, 2.05) is 30.3 Å². The second-order valence-electron chi connectivity index (χ2n) is 7.31. The van der Waals surface area contributed by atoms with Crippen LogP contribution in [0.4, 0.5) is 0 Å². The summed E-state index contributed by atoms with van der Waals surface area (Å²) in [5, 5.41) is 0. The molecule has 0 unspecified atom stereocenters.